The predicted octanol–water partition coefficient (Wildman–Crippen LogP) is 1.55. The third-order valence-electron chi connectivity index (χ3n) is 0.959. The summed E-state index contributed by atoms with van der Waals surface area (Å²) in [6.45, 7) is 8.23. The van der Waals surface area contributed by atoms with Crippen LogP contribution in [0.3, 0.4) is 0 Å². The minimum Gasteiger partial charge on any atom is -0.470 e. The van der Waals surface area contributed by atoms with Gasteiger partial charge >= 0.3 is 0 Å². The first kappa shape index (κ1) is 10.5. The van der Waals surface area contributed by atoms with Crippen LogP contribution in [0, 0.1) is 0 Å². The fourth-order valence-electron chi connectivity index (χ4n) is 0.444. The summed E-state index contributed by atoms with van der Waals surface area (Å²) < 4.78 is 14.9. The zero-order valence-electron chi connectivity index (χ0n) is 7.42. The summed E-state index contributed by atoms with van der Waals surface area (Å²) >= 11 is 0. The summed E-state index contributed by atoms with van der Waals surface area (Å²) in [5.41, 5.74) is 0. The van der Waals surface area contributed by atoms with Gasteiger partial charge in [-0.05, 0) is 13.8 Å². The molecule has 3 nitrogen and oxygen atoms in total. The average molecular weight is 160 g/mol. The molecule has 0 fully saturated rings. The Labute approximate surface area is 67.9 Å². The number of hydrogen-bond donors (Lipinski definition) is 0. The van der Waals surface area contributed by atoms with Gasteiger partial charge in [0.1, 0.15) is 12.4 Å². The lowest BCUT2D eigenvalue weighted by atomic mass is 10.5. The quantitative estimate of drug-likeness (QED) is 0.436. The molecule has 66 valence electrons. The van der Waals surface area contributed by atoms with Crippen molar-refractivity contribution in [2.75, 3.05) is 20.5 Å². The van der Waals surface area contributed by atoms with Crippen LogP contribution in [0.1, 0.15) is 13.8 Å². The van der Waals surface area contributed by atoms with Gasteiger partial charge in [0.2, 0.25) is 0 Å². The van der Waals surface area contributed by atoms with Crippen molar-refractivity contribution in [3.63, 3.8) is 0 Å². The fraction of sp³-hybridized carbons (Fsp3) is 0.750. The van der Waals surface area contributed by atoms with Gasteiger partial charge in [-0.15, -0.1) is 0 Å². The van der Waals surface area contributed by atoms with Crippen LogP contribution in [-0.4, -0.2) is 26.6 Å². The zero-order valence-corrected chi connectivity index (χ0v) is 7.42. The highest BCUT2D eigenvalue weighted by Crippen LogP contribution is 1.97. The zero-order chi connectivity index (χ0) is 8.69. The molecule has 0 heterocycles. The lowest BCUT2D eigenvalue weighted by Gasteiger charge is -2.10. The molecule has 0 aliphatic rings. The van der Waals surface area contributed by atoms with Crippen molar-refractivity contribution in [1.29, 1.82) is 0 Å². The molecule has 0 aromatic heterocycles. The third-order valence-corrected chi connectivity index (χ3v) is 0.959. The Hall–Kier alpha value is -0.540. The lowest BCUT2D eigenvalue weighted by Crippen LogP contribution is -2.08. The summed E-state index contributed by atoms with van der Waals surface area (Å²) in [6.07, 6.45) is 0.206. The summed E-state index contributed by atoms with van der Waals surface area (Å²) in [7, 11) is 1.57. The number of hydrogen-bond acceptors (Lipinski definition) is 3. The molecule has 0 aliphatic carbocycles. The Morgan fingerprint density at radius 1 is 1.45 bits per heavy atom. The van der Waals surface area contributed by atoms with Crippen LogP contribution in [-0.2, 0) is 14.2 Å². The molecular formula is C8H16O3. The van der Waals surface area contributed by atoms with Crippen LogP contribution in [0.25, 0.3) is 0 Å². The smallest absolute Gasteiger partial charge is 0.188 e. The molecule has 3 heteroatoms. The van der Waals surface area contributed by atoms with E-state index in [0.717, 1.165) is 0 Å². The van der Waals surface area contributed by atoms with Crippen LogP contribution in [0.2, 0.25) is 0 Å². The van der Waals surface area contributed by atoms with Crippen molar-refractivity contribution < 1.29 is 14.2 Å². The largest absolute Gasteiger partial charge is 0.470 e. The van der Waals surface area contributed by atoms with E-state index in [2.05, 4.69) is 11.3 Å². The van der Waals surface area contributed by atoms with Crippen LogP contribution in [0.15, 0.2) is 12.3 Å². The van der Waals surface area contributed by atoms with Gasteiger partial charge in [-0.25, -0.2) is 0 Å². The lowest BCUT2D eigenvalue weighted by molar-refractivity contribution is -0.0189. The Kier molecular flexibility index (Phi) is 5.88. The maximum absolute atomic E-state index is 5.22. The van der Waals surface area contributed by atoms with E-state index in [0.29, 0.717) is 12.4 Å². The molecule has 0 rings (SSSR count). The van der Waals surface area contributed by atoms with Gasteiger partial charge < -0.3 is 14.2 Å². The van der Waals surface area contributed by atoms with Crippen molar-refractivity contribution in [1.82, 2.24) is 0 Å². The second-order valence-corrected chi connectivity index (χ2v) is 2.45. The third kappa shape index (κ3) is 7.36. The molecule has 0 amide bonds. The number of methoxy groups -OCH3 is 1. The van der Waals surface area contributed by atoms with Crippen molar-refractivity contribution in [3.05, 3.63) is 12.3 Å². The number of rotatable bonds is 6. The molecule has 0 spiro atoms. The van der Waals surface area contributed by atoms with Gasteiger partial charge in [0.15, 0.2) is 6.79 Å². The van der Waals surface area contributed by atoms with Crippen LogP contribution in [0.5, 0.6) is 0 Å². The standard InChI is InChI=1S/C8H16O3/c1-7(2)10-5-8(3)11-6-9-4/h7H,3,5-6H2,1-2,4H3. The predicted molar refractivity (Wildman–Crippen MR) is 43.2 cm³/mol. The van der Waals surface area contributed by atoms with Crippen LogP contribution < -0.4 is 0 Å². The molecular weight excluding hydrogens is 144 g/mol. The first-order chi connectivity index (χ1) is 5.16. The Balaban J connectivity index is 3.23. The molecule has 0 aromatic rings. The van der Waals surface area contributed by atoms with E-state index in [1.54, 1.807) is 7.11 Å². The molecule has 0 N–H and O–H groups in total. The maximum atomic E-state index is 5.22. The van der Waals surface area contributed by atoms with E-state index in [1.165, 1.54) is 0 Å². The summed E-state index contributed by atoms with van der Waals surface area (Å²) in [5, 5.41) is 0. The van der Waals surface area contributed by atoms with E-state index < -0.39 is 0 Å². The monoisotopic (exact) mass is 160 g/mol. The minimum absolute atomic E-state index is 0.206. The molecule has 11 heavy (non-hydrogen) atoms. The molecule has 0 saturated carbocycles. The topological polar surface area (TPSA) is 27.7 Å². The van der Waals surface area contributed by atoms with Gasteiger partial charge in [-0.2, -0.15) is 0 Å². The highest BCUT2D eigenvalue weighted by Gasteiger charge is 1.96. The second kappa shape index (κ2) is 6.19. The highest BCUT2D eigenvalue weighted by atomic mass is 16.7. The minimum atomic E-state index is 0.206. The SMILES string of the molecule is C=C(COC(C)C)OCOC. The van der Waals surface area contributed by atoms with E-state index in [-0.39, 0.29) is 12.9 Å². The summed E-state index contributed by atoms with van der Waals surface area (Å²) in [4.78, 5) is 0. The van der Waals surface area contributed by atoms with Gasteiger partial charge in [0, 0.05) is 7.11 Å². The Morgan fingerprint density at radius 3 is 2.55 bits per heavy atom. The Bertz CT molecular complexity index is 110. The maximum Gasteiger partial charge on any atom is 0.188 e. The fourth-order valence-corrected chi connectivity index (χ4v) is 0.444. The first-order valence-corrected chi connectivity index (χ1v) is 3.58. The molecule has 0 aliphatic heterocycles. The van der Waals surface area contributed by atoms with Crippen molar-refractivity contribution in [2.24, 2.45) is 0 Å². The highest BCUT2D eigenvalue weighted by molar-refractivity contribution is 4.81. The van der Waals surface area contributed by atoms with Crippen molar-refractivity contribution >= 4 is 0 Å². The van der Waals surface area contributed by atoms with Crippen LogP contribution in [0.4, 0.5) is 0 Å². The molecule has 0 unspecified atom stereocenters. The van der Waals surface area contributed by atoms with Gasteiger partial charge in [-0.1, -0.05) is 6.58 Å². The van der Waals surface area contributed by atoms with E-state index in [9.17, 15) is 0 Å². The first-order valence-electron chi connectivity index (χ1n) is 3.58. The van der Waals surface area contributed by atoms with E-state index in [4.69, 9.17) is 9.47 Å². The van der Waals surface area contributed by atoms with Gasteiger partial charge in [0.05, 0.1) is 6.10 Å². The van der Waals surface area contributed by atoms with Crippen molar-refractivity contribution in [3.8, 4) is 0 Å². The van der Waals surface area contributed by atoms with Crippen LogP contribution >= 0.6 is 0 Å². The molecule has 0 radical (unpaired) electrons. The summed E-state index contributed by atoms with van der Waals surface area (Å²) in [6, 6.07) is 0. The number of ether oxygens (including phenoxy) is 3. The van der Waals surface area contributed by atoms with Crippen molar-refractivity contribution in [2.45, 2.75) is 20.0 Å². The van der Waals surface area contributed by atoms with E-state index >= 15 is 0 Å². The molecule has 0 aromatic carbocycles. The van der Waals surface area contributed by atoms with Gasteiger partial charge in [-0.3, -0.25) is 0 Å². The molecule has 0 bridgehead atoms. The van der Waals surface area contributed by atoms with E-state index in [1.807, 2.05) is 13.8 Å². The molecule has 0 atom stereocenters. The van der Waals surface area contributed by atoms with Gasteiger partial charge in [0.25, 0.3) is 0 Å². The molecule has 0 saturated heterocycles. The normalized spacial score (nSPS) is 10.2. The average Bonchev–Trinajstić information content (AvgIpc) is 1.97. The Morgan fingerprint density at radius 2 is 2.09 bits per heavy atom. The second-order valence-electron chi connectivity index (χ2n) is 2.45. The summed E-state index contributed by atoms with van der Waals surface area (Å²) in [5.74, 6) is 0.598.